The van der Waals surface area contributed by atoms with E-state index in [-0.39, 0.29) is 11.5 Å². The van der Waals surface area contributed by atoms with Gasteiger partial charge in [0, 0.05) is 9.75 Å². The summed E-state index contributed by atoms with van der Waals surface area (Å²) < 4.78 is 0. The summed E-state index contributed by atoms with van der Waals surface area (Å²) in [5.41, 5.74) is 0.00481. The average molecular weight is 226 g/mol. The van der Waals surface area contributed by atoms with Gasteiger partial charge in [-0.15, -0.1) is 11.3 Å². The summed E-state index contributed by atoms with van der Waals surface area (Å²) in [5.74, 6) is 0. The Morgan fingerprint density at radius 2 is 1.87 bits per heavy atom. The van der Waals surface area contributed by atoms with E-state index in [1.807, 2.05) is 11.3 Å². The van der Waals surface area contributed by atoms with Gasteiger partial charge in [0.05, 0.1) is 6.10 Å². The maximum Gasteiger partial charge on any atom is 0.0592 e. The van der Waals surface area contributed by atoms with Crippen LogP contribution in [0.3, 0.4) is 0 Å². The van der Waals surface area contributed by atoms with Crippen molar-refractivity contribution in [1.29, 1.82) is 0 Å². The molecule has 1 rings (SSSR count). The molecule has 0 aliphatic rings. The highest BCUT2D eigenvalue weighted by molar-refractivity contribution is 7.11. The fourth-order valence-electron chi connectivity index (χ4n) is 1.46. The normalized spacial score (nSPS) is 14.2. The van der Waals surface area contributed by atoms with Gasteiger partial charge in [-0.1, -0.05) is 27.7 Å². The summed E-state index contributed by atoms with van der Waals surface area (Å²) in [6.07, 6.45) is 2.78. The molecule has 15 heavy (non-hydrogen) atoms. The Morgan fingerprint density at radius 3 is 2.33 bits per heavy atom. The maximum atomic E-state index is 9.92. The molecule has 1 N–H and O–H groups in total. The molecule has 0 spiro atoms. The minimum absolute atomic E-state index is 0.00481. The quantitative estimate of drug-likeness (QED) is 0.831. The number of aryl methyl sites for hydroxylation is 2. The second kappa shape index (κ2) is 5.13. The van der Waals surface area contributed by atoms with Crippen LogP contribution in [-0.2, 0) is 12.8 Å². The van der Waals surface area contributed by atoms with Gasteiger partial charge in [0.2, 0.25) is 0 Å². The lowest BCUT2D eigenvalue weighted by Crippen LogP contribution is -2.26. The fraction of sp³-hybridized carbons (Fsp3) is 0.692. The average Bonchev–Trinajstić information content (AvgIpc) is 2.60. The second-order valence-electron chi connectivity index (χ2n) is 5.14. The Hall–Kier alpha value is -0.340. The van der Waals surface area contributed by atoms with E-state index < -0.39 is 0 Å². The highest BCUT2D eigenvalue weighted by Gasteiger charge is 2.21. The highest BCUT2D eigenvalue weighted by Crippen LogP contribution is 2.25. The molecule has 1 aromatic rings. The Labute approximate surface area is 97.2 Å². The van der Waals surface area contributed by atoms with Crippen molar-refractivity contribution < 1.29 is 5.11 Å². The van der Waals surface area contributed by atoms with Crippen molar-refractivity contribution in [1.82, 2.24) is 0 Å². The number of aliphatic hydroxyl groups is 1. The second-order valence-corrected chi connectivity index (χ2v) is 6.39. The van der Waals surface area contributed by atoms with Crippen molar-refractivity contribution in [2.75, 3.05) is 0 Å². The predicted molar refractivity (Wildman–Crippen MR) is 67.5 cm³/mol. The summed E-state index contributed by atoms with van der Waals surface area (Å²) in [5, 5.41) is 9.92. The Bertz CT molecular complexity index is 296. The molecule has 0 aromatic carbocycles. The molecule has 1 heterocycles. The lowest BCUT2D eigenvalue weighted by Gasteiger charge is -2.25. The Balaban J connectivity index is 2.43. The zero-order valence-electron chi connectivity index (χ0n) is 10.2. The van der Waals surface area contributed by atoms with Crippen LogP contribution in [0.5, 0.6) is 0 Å². The molecule has 0 fully saturated rings. The molecule has 1 aromatic heterocycles. The number of hydrogen-bond donors (Lipinski definition) is 1. The zero-order chi connectivity index (χ0) is 11.5. The molecule has 0 bridgehead atoms. The van der Waals surface area contributed by atoms with Crippen molar-refractivity contribution in [3.63, 3.8) is 0 Å². The van der Waals surface area contributed by atoms with Crippen molar-refractivity contribution in [2.45, 2.75) is 53.1 Å². The third-order valence-electron chi connectivity index (χ3n) is 2.73. The van der Waals surface area contributed by atoms with Gasteiger partial charge in [-0.3, -0.25) is 0 Å². The first-order valence-electron chi connectivity index (χ1n) is 5.69. The first kappa shape index (κ1) is 12.7. The standard InChI is InChI=1S/C13H22OS/c1-5-10-6-7-11(15-10)8-9-12(14)13(2,3)4/h6-7,12,14H,5,8-9H2,1-4H3. The smallest absolute Gasteiger partial charge is 0.0592 e. The van der Waals surface area contributed by atoms with Crippen molar-refractivity contribution in [3.05, 3.63) is 21.9 Å². The van der Waals surface area contributed by atoms with Crippen LogP contribution in [0.2, 0.25) is 0 Å². The van der Waals surface area contributed by atoms with Crippen LogP contribution in [0.1, 0.15) is 43.9 Å². The number of thiophene rings is 1. The molecule has 0 aliphatic heterocycles. The third-order valence-corrected chi connectivity index (χ3v) is 4.02. The molecule has 0 radical (unpaired) electrons. The first-order chi connectivity index (χ1) is 6.93. The van der Waals surface area contributed by atoms with Crippen molar-refractivity contribution in [2.24, 2.45) is 5.41 Å². The van der Waals surface area contributed by atoms with Crippen LogP contribution in [0.25, 0.3) is 0 Å². The topological polar surface area (TPSA) is 20.2 Å². The van der Waals surface area contributed by atoms with Gasteiger partial charge in [0.25, 0.3) is 0 Å². The molecule has 2 heteroatoms. The molecule has 86 valence electrons. The molecule has 1 nitrogen and oxygen atoms in total. The number of hydrogen-bond acceptors (Lipinski definition) is 2. The van der Waals surface area contributed by atoms with E-state index >= 15 is 0 Å². The van der Waals surface area contributed by atoms with E-state index in [1.54, 1.807) is 0 Å². The largest absolute Gasteiger partial charge is 0.393 e. The van der Waals surface area contributed by atoms with E-state index in [4.69, 9.17) is 0 Å². The molecule has 0 aliphatic carbocycles. The summed E-state index contributed by atoms with van der Waals surface area (Å²) in [4.78, 5) is 2.84. The van der Waals surface area contributed by atoms with Crippen LogP contribution >= 0.6 is 11.3 Å². The number of aliphatic hydroxyl groups excluding tert-OH is 1. The molecule has 1 unspecified atom stereocenters. The first-order valence-corrected chi connectivity index (χ1v) is 6.50. The van der Waals surface area contributed by atoms with E-state index in [1.165, 1.54) is 9.75 Å². The number of rotatable bonds is 4. The van der Waals surface area contributed by atoms with Gasteiger partial charge in [-0.25, -0.2) is 0 Å². The molecular weight excluding hydrogens is 204 g/mol. The monoisotopic (exact) mass is 226 g/mol. The Kier molecular flexibility index (Phi) is 4.35. The van der Waals surface area contributed by atoms with E-state index in [0.29, 0.717) is 0 Å². The minimum Gasteiger partial charge on any atom is -0.393 e. The van der Waals surface area contributed by atoms with Crippen molar-refractivity contribution >= 4 is 11.3 Å². The molecule has 0 saturated heterocycles. The summed E-state index contributed by atoms with van der Waals surface area (Å²) in [6.45, 7) is 8.44. The van der Waals surface area contributed by atoms with Crippen LogP contribution < -0.4 is 0 Å². The lowest BCUT2D eigenvalue weighted by atomic mass is 9.86. The van der Waals surface area contributed by atoms with E-state index in [2.05, 4.69) is 39.8 Å². The Morgan fingerprint density at radius 1 is 1.27 bits per heavy atom. The summed E-state index contributed by atoms with van der Waals surface area (Å²) in [7, 11) is 0. The fourth-order valence-corrected chi connectivity index (χ4v) is 2.43. The highest BCUT2D eigenvalue weighted by atomic mass is 32.1. The van der Waals surface area contributed by atoms with Crippen LogP contribution in [0.15, 0.2) is 12.1 Å². The van der Waals surface area contributed by atoms with Crippen molar-refractivity contribution in [3.8, 4) is 0 Å². The van der Waals surface area contributed by atoms with E-state index in [9.17, 15) is 5.11 Å². The lowest BCUT2D eigenvalue weighted by molar-refractivity contribution is 0.0562. The predicted octanol–water partition coefficient (Wildman–Crippen LogP) is 3.65. The SMILES string of the molecule is CCc1ccc(CCC(O)C(C)(C)C)s1. The molecule has 0 saturated carbocycles. The maximum absolute atomic E-state index is 9.92. The van der Waals surface area contributed by atoms with Crippen LogP contribution in [0.4, 0.5) is 0 Å². The van der Waals surface area contributed by atoms with Gasteiger partial charge >= 0.3 is 0 Å². The molecule has 1 atom stereocenters. The van der Waals surface area contributed by atoms with Gasteiger partial charge in [0.1, 0.15) is 0 Å². The minimum atomic E-state index is -0.204. The molecular formula is C13H22OS. The van der Waals surface area contributed by atoms with E-state index in [0.717, 1.165) is 19.3 Å². The third kappa shape index (κ3) is 3.96. The summed E-state index contributed by atoms with van der Waals surface area (Å²) >= 11 is 1.87. The summed E-state index contributed by atoms with van der Waals surface area (Å²) in [6, 6.07) is 4.39. The zero-order valence-corrected chi connectivity index (χ0v) is 11.0. The van der Waals surface area contributed by atoms with Gasteiger partial charge in [0.15, 0.2) is 0 Å². The van der Waals surface area contributed by atoms with Gasteiger partial charge < -0.3 is 5.11 Å². The molecule has 0 amide bonds. The van der Waals surface area contributed by atoms with Gasteiger partial charge in [-0.2, -0.15) is 0 Å². The van der Waals surface area contributed by atoms with Crippen LogP contribution in [-0.4, -0.2) is 11.2 Å². The van der Waals surface area contributed by atoms with Gasteiger partial charge in [-0.05, 0) is 36.8 Å². The van der Waals surface area contributed by atoms with Crippen LogP contribution in [0, 0.1) is 5.41 Å².